The van der Waals surface area contributed by atoms with Gasteiger partial charge in [-0.3, -0.25) is 0 Å². The first-order valence-corrected chi connectivity index (χ1v) is 16.6. The lowest BCUT2D eigenvalue weighted by Crippen LogP contribution is -1.96. The van der Waals surface area contributed by atoms with E-state index in [4.69, 9.17) is 0 Å². The summed E-state index contributed by atoms with van der Waals surface area (Å²) in [6, 6.07) is 62.4. The van der Waals surface area contributed by atoms with Crippen LogP contribution in [0.15, 0.2) is 170 Å². The molecular weight excluding hydrogens is 581 g/mol. The zero-order valence-electron chi connectivity index (χ0n) is 26.1. The van der Waals surface area contributed by atoms with E-state index in [2.05, 4.69) is 179 Å². The number of fused-ring (bicyclic) bond motifs is 16. The molecule has 222 valence electrons. The van der Waals surface area contributed by atoms with Crippen LogP contribution in [0.3, 0.4) is 0 Å². The zero-order chi connectivity index (χ0) is 31.3. The predicted octanol–water partition coefficient (Wildman–Crippen LogP) is 12.5. The first kappa shape index (κ1) is 25.8. The van der Waals surface area contributed by atoms with Gasteiger partial charge in [0.05, 0.1) is 22.1 Å². The molecule has 48 heavy (non-hydrogen) atoms. The number of hydrogen-bond donors (Lipinski definition) is 0. The minimum absolute atomic E-state index is 1.16. The molecule has 0 amide bonds. The molecule has 0 bridgehead atoms. The van der Waals surface area contributed by atoms with Crippen molar-refractivity contribution in [2.75, 3.05) is 0 Å². The van der Waals surface area contributed by atoms with E-state index in [1.54, 1.807) is 0 Å². The molecule has 11 aromatic rings. The van der Waals surface area contributed by atoms with E-state index < -0.39 is 0 Å². The van der Waals surface area contributed by atoms with Crippen LogP contribution < -0.4 is 0 Å². The molecule has 2 heteroatoms. The summed E-state index contributed by atoms with van der Waals surface area (Å²) in [4.78, 5) is 0. The maximum atomic E-state index is 2.52. The summed E-state index contributed by atoms with van der Waals surface area (Å²) in [6.45, 7) is 0. The second-order valence-electron chi connectivity index (χ2n) is 12.9. The third-order valence-electron chi connectivity index (χ3n) is 10.4. The fraction of sp³-hybridized carbons (Fsp3) is 0. The Bertz CT molecular complexity index is 3090. The first-order valence-electron chi connectivity index (χ1n) is 16.6. The van der Waals surface area contributed by atoms with E-state index in [-0.39, 0.29) is 0 Å². The Balaban J connectivity index is 1.49. The van der Waals surface area contributed by atoms with Gasteiger partial charge in [0.25, 0.3) is 0 Å². The number of nitrogens with zero attached hydrogens (tertiary/aromatic N) is 2. The Hall–Kier alpha value is -6.38. The highest BCUT2D eigenvalue weighted by molar-refractivity contribution is 6.43. The predicted molar refractivity (Wildman–Crippen MR) is 205 cm³/mol. The molecule has 0 radical (unpaired) electrons. The second-order valence-corrected chi connectivity index (χ2v) is 12.9. The molecule has 0 atom stereocenters. The molecule has 0 aliphatic rings. The lowest BCUT2D eigenvalue weighted by atomic mass is 9.88. The molecule has 0 aliphatic heterocycles. The van der Waals surface area contributed by atoms with Crippen molar-refractivity contribution in [1.82, 2.24) is 9.13 Å². The Morgan fingerprint density at radius 3 is 1.35 bits per heavy atom. The lowest BCUT2D eigenvalue weighted by molar-refractivity contribution is 1.17. The Morgan fingerprint density at radius 1 is 0.250 bits per heavy atom. The molecule has 9 aromatic carbocycles. The molecule has 0 N–H and O–H groups in total. The van der Waals surface area contributed by atoms with E-state index in [0.29, 0.717) is 0 Å². The summed E-state index contributed by atoms with van der Waals surface area (Å²) < 4.78 is 4.94. The highest BCUT2D eigenvalue weighted by atomic mass is 15.0. The van der Waals surface area contributed by atoms with Gasteiger partial charge in [-0.15, -0.1) is 0 Å². The molecule has 2 heterocycles. The van der Waals surface area contributed by atoms with Crippen molar-refractivity contribution in [3.8, 4) is 11.4 Å². The van der Waals surface area contributed by atoms with Gasteiger partial charge >= 0.3 is 0 Å². The summed E-state index contributed by atoms with van der Waals surface area (Å²) >= 11 is 0. The van der Waals surface area contributed by atoms with Gasteiger partial charge in [-0.1, -0.05) is 127 Å². The quantitative estimate of drug-likeness (QED) is 0.173. The van der Waals surface area contributed by atoms with E-state index >= 15 is 0 Å². The minimum Gasteiger partial charge on any atom is -0.309 e. The molecular formula is C46H28N2. The van der Waals surface area contributed by atoms with Crippen LogP contribution in [0.1, 0.15) is 0 Å². The van der Waals surface area contributed by atoms with Crippen molar-refractivity contribution in [2.45, 2.75) is 0 Å². The van der Waals surface area contributed by atoms with Gasteiger partial charge in [0.2, 0.25) is 0 Å². The lowest BCUT2D eigenvalue weighted by Gasteiger charge is -2.16. The van der Waals surface area contributed by atoms with Crippen LogP contribution in [0, 0.1) is 0 Å². The Morgan fingerprint density at radius 2 is 0.708 bits per heavy atom. The van der Waals surface area contributed by atoms with Crippen LogP contribution in [0.2, 0.25) is 0 Å². The van der Waals surface area contributed by atoms with Gasteiger partial charge in [-0.05, 0) is 74.8 Å². The molecule has 0 unspecified atom stereocenters. The van der Waals surface area contributed by atoms with Crippen LogP contribution in [0.5, 0.6) is 0 Å². The average molecular weight is 609 g/mol. The average Bonchev–Trinajstić information content (AvgIpc) is 3.67. The number of aromatic nitrogens is 2. The molecule has 11 rings (SSSR count). The van der Waals surface area contributed by atoms with Crippen LogP contribution in [0.4, 0.5) is 0 Å². The summed E-state index contributed by atoms with van der Waals surface area (Å²) in [5, 5.41) is 15.5. The number of hydrogen-bond acceptors (Lipinski definition) is 0. The second kappa shape index (κ2) is 9.57. The summed E-state index contributed by atoms with van der Waals surface area (Å²) in [5.41, 5.74) is 7.21. The van der Waals surface area contributed by atoms with Crippen LogP contribution in [-0.4, -0.2) is 9.13 Å². The standard InChI is InChI=1S/C46H28N2/c1-3-15-29(16-4-1)47-40-26-14-13-21-33(40)38-27-39-42(28-41(38)47)48(30-17-5-2-6-18-30)46-37-25-12-11-24-36(37)43-34-22-9-7-19-31(34)32-20-8-10-23-35(32)44(43)45(39)46/h1-28H. The van der Waals surface area contributed by atoms with Crippen molar-refractivity contribution >= 4 is 86.7 Å². The maximum Gasteiger partial charge on any atom is 0.0626 e. The highest BCUT2D eigenvalue weighted by Crippen LogP contribution is 2.49. The third-order valence-corrected chi connectivity index (χ3v) is 10.4. The summed E-state index contributed by atoms with van der Waals surface area (Å²) in [7, 11) is 0. The topological polar surface area (TPSA) is 9.86 Å². The van der Waals surface area contributed by atoms with Gasteiger partial charge in [0.1, 0.15) is 0 Å². The summed E-state index contributed by atoms with van der Waals surface area (Å²) in [5.74, 6) is 0. The van der Waals surface area contributed by atoms with Crippen LogP contribution in [0.25, 0.3) is 98.1 Å². The third kappa shape index (κ3) is 3.31. The number of rotatable bonds is 2. The van der Waals surface area contributed by atoms with E-state index in [1.807, 2.05) is 0 Å². The van der Waals surface area contributed by atoms with Gasteiger partial charge in [0.15, 0.2) is 0 Å². The first-order chi connectivity index (χ1) is 23.9. The van der Waals surface area contributed by atoms with Crippen molar-refractivity contribution in [3.05, 3.63) is 170 Å². The van der Waals surface area contributed by atoms with E-state index in [0.717, 1.165) is 5.69 Å². The summed E-state index contributed by atoms with van der Waals surface area (Å²) in [6.07, 6.45) is 0. The Kier molecular flexibility index (Phi) is 5.14. The monoisotopic (exact) mass is 608 g/mol. The highest BCUT2D eigenvalue weighted by Gasteiger charge is 2.24. The van der Waals surface area contributed by atoms with E-state index in [1.165, 1.54) is 92.4 Å². The molecule has 2 nitrogen and oxygen atoms in total. The number of benzene rings is 9. The fourth-order valence-electron chi connectivity index (χ4n) is 8.55. The normalized spacial score (nSPS) is 12.2. The van der Waals surface area contributed by atoms with Gasteiger partial charge < -0.3 is 9.13 Å². The smallest absolute Gasteiger partial charge is 0.0626 e. The van der Waals surface area contributed by atoms with Gasteiger partial charge in [0, 0.05) is 43.7 Å². The van der Waals surface area contributed by atoms with E-state index in [9.17, 15) is 0 Å². The van der Waals surface area contributed by atoms with Gasteiger partial charge in [-0.2, -0.15) is 0 Å². The molecule has 2 aromatic heterocycles. The largest absolute Gasteiger partial charge is 0.309 e. The molecule has 0 saturated heterocycles. The van der Waals surface area contributed by atoms with Crippen LogP contribution >= 0.6 is 0 Å². The van der Waals surface area contributed by atoms with Crippen LogP contribution in [-0.2, 0) is 0 Å². The maximum absolute atomic E-state index is 2.52. The van der Waals surface area contributed by atoms with Crippen molar-refractivity contribution < 1.29 is 0 Å². The molecule has 0 fully saturated rings. The molecule has 0 spiro atoms. The SMILES string of the molecule is c1ccc(-n2c3ccccc3c3cc4c5c6c7ccccc7c7ccccc7c6c6ccccc6c5n(-c5ccccc5)c4cc32)cc1. The zero-order valence-corrected chi connectivity index (χ0v) is 26.1. The minimum atomic E-state index is 1.16. The van der Waals surface area contributed by atoms with Crippen molar-refractivity contribution in [3.63, 3.8) is 0 Å². The fourth-order valence-corrected chi connectivity index (χ4v) is 8.55. The van der Waals surface area contributed by atoms with Gasteiger partial charge in [-0.25, -0.2) is 0 Å². The number of para-hydroxylation sites is 3. The Labute approximate surface area is 276 Å². The molecule has 0 aliphatic carbocycles. The molecule has 0 saturated carbocycles. The van der Waals surface area contributed by atoms with Crippen molar-refractivity contribution in [1.29, 1.82) is 0 Å². The van der Waals surface area contributed by atoms with Crippen molar-refractivity contribution in [2.24, 2.45) is 0 Å².